The minimum atomic E-state index is -1.45. The fourth-order valence-corrected chi connectivity index (χ4v) is 10.7. The minimum absolute atomic E-state index is 0.0324. The summed E-state index contributed by atoms with van der Waals surface area (Å²) >= 11 is 0. The summed E-state index contributed by atoms with van der Waals surface area (Å²) in [7, 11) is 1.38. The van der Waals surface area contributed by atoms with Gasteiger partial charge in [0.1, 0.15) is 12.7 Å². The van der Waals surface area contributed by atoms with Crippen molar-refractivity contribution in [1.29, 1.82) is 0 Å². The highest BCUT2D eigenvalue weighted by Gasteiger charge is 2.53. The van der Waals surface area contributed by atoms with E-state index in [0.717, 1.165) is 80.1 Å². The molecular weight excluding hydrogens is 905 g/mol. The van der Waals surface area contributed by atoms with Crippen LogP contribution in [0.15, 0.2) is 40.6 Å². The van der Waals surface area contributed by atoms with E-state index in [2.05, 4.69) is 35.4 Å². The molecule has 9 rings (SSSR count). The molecule has 6 atom stereocenters. The monoisotopic (exact) mass is 960 g/mol. The molecule has 1 spiro atoms. The molecule has 8 bridgehead atoms. The summed E-state index contributed by atoms with van der Waals surface area (Å²) in [5.41, 5.74) is 10.5. The number of aromatic amines is 3. The van der Waals surface area contributed by atoms with Crippen molar-refractivity contribution in [2.45, 2.75) is 123 Å². The zero-order valence-electron chi connectivity index (χ0n) is 40.6. The maximum atomic E-state index is 14.0. The van der Waals surface area contributed by atoms with Gasteiger partial charge in [0.2, 0.25) is 5.79 Å². The van der Waals surface area contributed by atoms with Crippen LogP contribution in [0.1, 0.15) is 129 Å². The number of methoxy groups -OCH3 is 1. The van der Waals surface area contributed by atoms with E-state index >= 15 is 0 Å². The number of nitrogens with zero attached hydrogens (tertiary/aromatic N) is 3. The maximum Gasteiger partial charge on any atom is 0.330 e. The number of fused-ring (bicyclic) bond motifs is 9. The van der Waals surface area contributed by atoms with Gasteiger partial charge >= 0.3 is 29.6 Å². The number of rotatable bonds is 11. The molecule has 368 valence electrons. The number of aryl methyl sites for hydroxylation is 3. The highest BCUT2D eigenvalue weighted by molar-refractivity contribution is 5.98. The molecule has 19 nitrogen and oxygen atoms in total. The molecule has 0 saturated carbocycles. The van der Waals surface area contributed by atoms with E-state index in [1.807, 2.05) is 39.0 Å². The Labute approximate surface area is 401 Å². The van der Waals surface area contributed by atoms with Crippen LogP contribution in [0.4, 0.5) is 0 Å². The summed E-state index contributed by atoms with van der Waals surface area (Å²) in [5.74, 6) is -3.91. The molecule has 0 amide bonds. The van der Waals surface area contributed by atoms with Gasteiger partial charge in [-0.1, -0.05) is 20.4 Å². The maximum absolute atomic E-state index is 14.0. The Morgan fingerprint density at radius 3 is 2.24 bits per heavy atom. The van der Waals surface area contributed by atoms with Crippen molar-refractivity contribution in [1.82, 2.24) is 29.5 Å². The molecule has 5 aliphatic rings. The molecule has 8 heterocycles. The largest absolute Gasteiger partial charge is 0.469 e. The van der Waals surface area contributed by atoms with E-state index in [1.54, 1.807) is 0 Å². The van der Waals surface area contributed by atoms with Gasteiger partial charge in [-0.25, -0.2) is 9.78 Å². The lowest BCUT2D eigenvalue weighted by Crippen LogP contribution is -2.42. The molecule has 4 aromatic rings. The molecular formula is C51H56N6O13. The Kier molecular flexibility index (Phi) is 12.6. The summed E-state index contributed by atoms with van der Waals surface area (Å²) in [6.45, 7) is 18.5. The fourth-order valence-electron chi connectivity index (χ4n) is 10.7. The molecule has 4 aromatic heterocycles. The number of hydrogen-bond acceptors (Lipinski definition) is 15. The molecule has 1 aliphatic carbocycles. The zero-order valence-corrected chi connectivity index (χ0v) is 40.6. The van der Waals surface area contributed by atoms with Crippen LogP contribution in [0, 0.1) is 13.8 Å². The lowest BCUT2D eigenvalue weighted by molar-refractivity contribution is -0.166. The van der Waals surface area contributed by atoms with Crippen LogP contribution >= 0.6 is 0 Å². The Morgan fingerprint density at radius 1 is 0.886 bits per heavy atom. The van der Waals surface area contributed by atoms with E-state index in [1.165, 1.54) is 20.2 Å². The normalized spacial score (nSPS) is 22.1. The molecule has 4 aliphatic heterocycles. The molecule has 70 heavy (non-hydrogen) atoms. The standard InChI is InChI=1S/C51H56N6O13/c1-11-30-22(2)34-18-39-42(24(4)33-20-57(50(63)56-48(33)62)49-47(69-29(9)60)46(68-28(8)59)40(70-49)21-65-27(7)58)25(5)36(53-39)16-35-23(3)31(12-13-41(61)64-10)44(54-35)32-19-51(66-14-15-67-51)43-26(6)37(55-45(32)43)17-38(30)52-34/h16-18,20,23,31,40,46-47,49,52-53H,4,11-15,19,21H2,1-3,5-10H3,(H,56,62,63)/t23-,31-,40+,46+,47+,49+/m0/s1. The Hall–Kier alpha value is -6.96. The van der Waals surface area contributed by atoms with Crippen LogP contribution < -0.4 is 11.2 Å². The van der Waals surface area contributed by atoms with Gasteiger partial charge in [0.05, 0.1) is 43.0 Å². The zero-order chi connectivity index (χ0) is 50.1. The van der Waals surface area contributed by atoms with Gasteiger partial charge in [-0.3, -0.25) is 38.5 Å². The third kappa shape index (κ3) is 8.28. The van der Waals surface area contributed by atoms with Gasteiger partial charge < -0.3 is 43.1 Å². The topological polar surface area (TPSA) is 245 Å². The number of esters is 4. The number of aromatic nitrogens is 6. The quantitative estimate of drug-likeness (QED) is 0.119. The van der Waals surface area contributed by atoms with Gasteiger partial charge in [-0.05, 0) is 79.6 Å². The first-order valence-electron chi connectivity index (χ1n) is 23.4. The SMILES string of the molecule is C=C(c1cn([C@@H]2O[C@H](COC(C)=O)[C@@H](OC(C)=O)[C@H]2OC(C)=O)c(=O)[nH]c1=O)c1c(C)c2cc3nc(c4c5nc(cc6[nH]c(cc1[nH]2)c(C)c6CC)C(C)=C5C1(C4)OCCO1)[C@@H](CCC(=O)OC)[C@@H]3C. The first-order valence-corrected chi connectivity index (χ1v) is 23.4. The van der Waals surface area contributed by atoms with Gasteiger partial charge in [-0.15, -0.1) is 0 Å². The minimum Gasteiger partial charge on any atom is -0.469 e. The Bertz CT molecular complexity index is 3220. The average Bonchev–Trinajstić information content (AvgIpc) is 4.18. The number of hydrogen-bond donors (Lipinski definition) is 3. The first kappa shape index (κ1) is 48.1. The summed E-state index contributed by atoms with van der Waals surface area (Å²) < 4.78 is 41.6. The number of H-pyrrole nitrogens is 3. The first-order chi connectivity index (χ1) is 33.3. The van der Waals surface area contributed by atoms with Crippen molar-refractivity contribution < 1.29 is 52.3 Å². The summed E-state index contributed by atoms with van der Waals surface area (Å²) in [5, 5.41) is 0. The molecule has 2 fully saturated rings. The van der Waals surface area contributed by atoms with Gasteiger partial charge in [0.25, 0.3) is 5.56 Å². The number of ether oxygens (including phenoxy) is 7. The van der Waals surface area contributed by atoms with E-state index in [9.17, 15) is 28.8 Å². The lowest BCUT2D eigenvalue weighted by atomic mass is 9.85. The summed E-state index contributed by atoms with van der Waals surface area (Å²) in [4.78, 5) is 97.4. The van der Waals surface area contributed by atoms with Crippen LogP contribution in [0.25, 0.3) is 38.8 Å². The van der Waals surface area contributed by atoms with E-state index < -0.39 is 66.1 Å². The van der Waals surface area contributed by atoms with Crippen molar-refractivity contribution in [3.05, 3.63) is 108 Å². The Morgan fingerprint density at radius 2 is 1.57 bits per heavy atom. The Balaban J connectivity index is 1.27. The smallest absolute Gasteiger partial charge is 0.330 e. The van der Waals surface area contributed by atoms with Crippen molar-refractivity contribution in [3.63, 3.8) is 0 Å². The molecule has 19 heteroatoms. The van der Waals surface area contributed by atoms with Crippen LogP contribution in [0.3, 0.4) is 0 Å². The van der Waals surface area contributed by atoms with Crippen LogP contribution in [0.5, 0.6) is 0 Å². The third-order valence-electron chi connectivity index (χ3n) is 14.1. The van der Waals surface area contributed by atoms with E-state index in [0.29, 0.717) is 54.6 Å². The van der Waals surface area contributed by atoms with Crippen molar-refractivity contribution in [2.75, 3.05) is 26.9 Å². The average molecular weight is 961 g/mol. The van der Waals surface area contributed by atoms with Crippen LogP contribution in [-0.2, 0) is 65.2 Å². The number of carbonyl (C=O) groups excluding carboxylic acids is 4. The molecule has 2 saturated heterocycles. The fraction of sp³-hybridized carbons (Fsp3) is 0.451. The third-order valence-corrected chi connectivity index (χ3v) is 14.1. The predicted molar refractivity (Wildman–Crippen MR) is 254 cm³/mol. The number of nitrogens with one attached hydrogen (secondary N) is 3. The summed E-state index contributed by atoms with van der Waals surface area (Å²) in [6.07, 6.45) is -2.34. The lowest BCUT2D eigenvalue weighted by Gasteiger charge is -2.24. The second kappa shape index (κ2) is 18.4. The van der Waals surface area contributed by atoms with Gasteiger partial charge in [-0.2, -0.15) is 0 Å². The number of carbonyl (C=O) groups is 4. The van der Waals surface area contributed by atoms with Crippen molar-refractivity contribution in [3.8, 4) is 0 Å². The highest BCUT2D eigenvalue weighted by Crippen LogP contribution is 2.53. The highest BCUT2D eigenvalue weighted by atomic mass is 16.7. The second-order valence-corrected chi connectivity index (χ2v) is 18.4. The van der Waals surface area contributed by atoms with Crippen molar-refractivity contribution in [2.24, 2.45) is 0 Å². The van der Waals surface area contributed by atoms with Gasteiger partial charge in [0, 0.05) is 96.1 Å². The molecule has 0 unspecified atom stereocenters. The van der Waals surface area contributed by atoms with E-state index in [4.69, 9.17) is 43.1 Å². The van der Waals surface area contributed by atoms with E-state index in [-0.39, 0.29) is 35.4 Å². The second-order valence-electron chi connectivity index (χ2n) is 18.4. The predicted octanol–water partition coefficient (Wildman–Crippen LogP) is 5.80. The van der Waals surface area contributed by atoms with Crippen LogP contribution in [-0.4, -0.2) is 104 Å². The molecule has 0 radical (unpaired) electrons. The van der Waals surface area contributed by atoms with Gasteiger partial charge in [0.15, 0.2) is 18.4 Å². The number of allylic oxidation sites excluding steroid dienone is 1. The molecule has 3 N–H and O–H groups in total. The summed E-state index contributed by atoms with van der Waals surface area (Å²) in [6, 6.07) is 5.98. The van der Waals surface area contributed by atoms with Crippen molar-refractivity contribution >= 4 is 62.7 Å². The molecule has 0 aromatic carbocycles. The van der Waals surface area contributed by atoms with Crippen LogP contribution in [0.2, 0.25) is 0 Å².